The number of carbonyl (C=O) groups is 2. The van der Waals surface area contributed by atoms with Crippen molar-refractivity contribution in [3.8, 4) is 0 Å². The van der Waals surface area contributed by atoms with Crippen molar-refractivity contribution in [3.63, 3.8) is 0 Å². The molecule has 0 radical (unpaired) electrons. The number of rotatable bonds is 2. The van der Waals surface area contributed by atoms with Crippen LogP contribution in [0.2, 0.25) is 0 Å². The van der Waals surface area contributed by atoms with Gasteiger partial charge in [-0.05, 0) is 31.7 Å². The molecule has 0 N–H and O–H groups in total. The number of ether oxygens (including phenoxy) is 1. The fourth-order valence-corrected chi connectivity index (χ4v) is 3.92. The van der Waals surface area contributed by atoms with E-state index in [1.54, 1.807) is 11.0 Å². The van der Waals surface area contributed by atoms with E-state index in [9.17, 15) is 9.59 Å². The average Bonchev–Trinajstić information content (AvgIpc) is 3.16. The van der Waals surface area contributed by atoms with Gasteiger partial charge in [0.1, 0.15) is 0 Å². The number of hydrogen-bond donors (Lipinski definition) is 0. The first kappa shape index (κ1) is 16.4. The molecule has 4 heterocycles. The normalized spacial score (nSPS) is 29.4. The maximum atomic E-state index is 12.9. The van der Waals surface area contributed by atoms with Crippen LogP contribution in [0.25, 0.3) is 0 Å². The summed E-state index contributed by atoms with van der Waals surface area (Å²) in [5, 5.41) is 8.98. The Morgan fingerprint density at radius 3 is 2.88 bits per heavy atom. The summed E-state index contributed by atoms with van der Waals surface area (Å²) in [7, 11) is 0. The number of nitrogens with zero attached hydrogens (tertiary/aromatic N) is 4. The van der Waals surface area contributed by atoms with Crippen LogP contribution >= 0.6 is 0 Å². The van der Waals surface area contributed by atoms with Crippen molar-refractivity contribution in [2.75, 3.05) is 26.3 Å². The third-order valence-corrected chi connectivity index (χ3v) is 5.20. The fourth-order valence-electron chi connectivity index (χ4n) is 3.92. The first-order valence-corrected chi connectivity index (χ1v) is 8.87. The summed E-state index contributed by atoms with van der Waals surface area (Å²) in [5.74, 6) is -0.456. The molecular formula is C17H22N4O4. The quantitative estimate of drug-likeness (QED) is 0.782. The molecule has 3 atom stereocenters. The summed E-state index contributed by atoms with van der Waals surface area (Å²) in [6, 6.07) is 1.67. The van der Waals surface area contributed by atoms with E-state index in [0.717, 1.165) is 19.3 Å². The van der Waals surface area contributed by atoms with Crippen molar-refractivity contribution in [1.82, 2.24) is 20.2 Å². The number of hydrogen-bond acceptors (Lipinski definition) is 6. The maximum absolute atomic E-state index is 12.9. The van der Waals surface area contributed by atoms with Crippen LogP contribution in [0, 0.1) is 5.92 Å². The molecule has 134 valence electrons. The number of fused-ring (bicyclic) bond motifs is 1. The molecular weight excluding hydrogens is 324 g/mol. The molecule has 8 heteroatoms. The van der Waals surface area contributed by atoms with Crippen LogP contribution < -0.4 is 0 Å². The Hall–Kier alpha value is -2.06. The Labute approximate surface area is 146 Å². The first-order valence-electron chi connectivity index (χ1n) is 8.87. The predicted molar refractivity (Wildman–Crippen MR) is 86.2 cm³/mol. The van der Waals surface area contributed by atoms with Gasteiger partial charge < -0.3 is 9.64 Å². The number of hydroxylamine groups is 2. The summed E-state index contributed by atoms with van der Waals surface area (Å²) >= 11 is 0. The zero-order chi connectivity index (χ0) is 17.2. The molecule has 8 nitrogen and oxygen atoms in total. The SMILES string of the molecule is O=C([C@H]1C[C@H]2OCC[C@H]2N(C(=O)c2ccnnc2)C1)N1CCCCO1. The summed E-state index contributed by atoms with van der Waals surface area (Å²) in [4.78, 5) is 33.1. The zero-order valence-electron chi connectivity index (χ0n) is 14.0. The number of piperidine rings is 1. The molecule has 25 heavy (non-hydrogen) atoms. The third-order valence-electron chi connectivity index (χ3n) is 5.20. The van der Waals surface area contributed by atoms with Crippen molar-refractivity contribution in [2.45, 2.75) is 37.8 Å². The van der Waals surface area contributed by atoms with Crippen LogP contribution in [-0.2, 0) is 14.4 Å². The molecule has 0 aromatic carbocycles. The lowest BCUT2D eigenvalue weighted by Gasteiger charge is -2.41. The van der Waals surface area contributed by atoms with Gasteiger partial charge in [-0.2, -0.15) is 10.2 Å². The van der Waals surface area contributed by atoms with Gasteiger partial charge in [0.25, 0.3) is 11.8 Å². The highest BCUT2D eigenvalue weighted by atomic mass is 16.7. The van der Waals surface area contributed by atoms with E-state index in [1.165, 1.54) is 17.5 Å². The molecule has 0 saturated carbocycles. The van der Waals surface area contributed by atoms with Crippen molar-refractivity contribution in [2.24, 2.45) is 5.92 Å². The highest BCUT2D eigenvalue weighted by molar-refractivity contribution is 5.94. The molecule has 0 spiro atoms. The van der Waals surface area contributed by atoms with Crippen LogP contribution in [0.1, 0.15) is 36.0 Å². The van der Waals surface area contributed by atoms with Gasteiger partial charge in [-0.15, -0.1) is 0 Å². The summed E-state index contributed by atoms with van der Waals surface area (Å²) < 4.78 is 5.81. The summed E-state index contributed by atoms with van der Waals surface area (Å²) in [6.07, 6.45) is 6.24. The minimum absolute atomic E-state index is 0.0204. The molecule has 4 rings (SSSR count). The van der Waals surface area contributed by atoms with E-state index in [2.05, 4.69) is 10.2 Å². The highest BCUT2D eigenvalue weighted by Gasteiger charge is 2.45. The predicted octanol–water partition coefficient (Wildman–Crippen LogP) is 0.650. The van der Waals surface area contributed by atoms with E-state index in [1.807, 2.05) is 0 Å². The number of carbonyl (C=O) groups excluding carboxylic acids is 2. The second-order valence-electron chi connectivity index (χ2n) is 6.77. The lowest BCUT2D eigenvalue weighted by atomic mass is 9.88. The van der Waals surface area contributed by atoms with Gasteiger partial charge in [-0.1, -0.05) is 0 Å². The molecule has 3 aliphatic rings. The van der Waals surface area contributed by atoms with Gasteiger partial charge in [0.05, 0.1) is 42.6 Å². The third kappa shape index (κ3) is 3.23. The molecule has 2 amide bonds. The minimum atomic E-state index is -0.295. The smallest absolute Gasteiger partial charge is 0.255 e. The molecule has 3 aliphatic heterocycles. The number of likely N-dealkylation sites (tertiary alicyclic amines) is 1. The largest absolute Gasteiger partial charge is 0.376 e. The first-order chi connectivity index (χ1) is 12.2. The molecule has 0 aliphatic carbocycles. The van der Waals surface area contributed by atoms with Crippen LogP contribution in [0.4, 0.5) is 0 Å². The lowest BCUT2D eigenvalue weighted by Crippen LogP contribution is -2.55. The van der Waals surface area contributed by atoms with Gasteiger partial charge in [0, 0.05) is 19.7 Å². The second-order valence-corrected chi connectivity index (χ2v) is 6.77. The molecule has 1 aromatic heterocycles. The van der Waals surface area contributed by atoms with Crippen LogP contribution in [-0.4, -0.2) is 70.4 Å². The van der Waals surface area contributed by atoms with Gasteiger partial charge in [-0.25, -0.2) is 5.06 Å². The summed E-state index contributed by atoms with van der Waals surface area (Å²) in [6.45, 7) is 2.21. The molecule has 3 saturated heterocycles. The standard InChI is InChI=1S/C17H22N4O4/c22-16(12-3-5-18-19-10-12)20-11-13(9-15-14(20)4-8-24-15)17(23)21-6-1-2-7-25-21/h3,5,10,13-15H,1-2,4,6-9,11H2/t13-,14+,15+/m0/s1. The van der Waals surface area contributed by atoms with E-state index < -0.39 is 0 Å². The second kappa shape index (κ2) is 7.05. The Kier molecular flexibility index (Phi) is 4.63. The highest BCUT2D eigenvalue weighted by Crippen LogP contribution is 2.33. The molecule has 0 bridgehead atoms. The van der Waals surface area contributed by atoms with Crippen LogP contribution in [0.5, 0.6) is 0 Å². The Morgan fingerprint density at radius 1 is 1.20 bits per heavy atom. The molecule has 3 fully saturated rings. The average molecular weight is 346 g/mol. The Bertz CT molecular complexity index is 635. The van der Waals surface area contributed by atoms with E-state index >= 15 is 0 Å². The zero-order valence-corrected chi connectivity index (χ0v) is 14.0. The van der Waals surface area contributed by atoms with Crippen LogP contribution in [0.15, 0.2) is 18.5 Å². The fraction of sp³-hybridized carbons (Fsp3) is 0.647. The lowest BCUT2D eigenvalue weighted by molar-refractivity contribution is -0.203. The molecule has 0 unspecified atom stereocenters. The van der Waals surface area contributed by atoms with Crippen molar-refractivity contribution < 1.29 is 19.2 Å². The van der Waals surface area contributed by atoms with Gasteiger partial charge in [0.2, 0.25) is 0 Å². The summed E-state index contributed by atoms with van der Waals surface area (Å²) in [5.41, 5.74) is 0.489. The topological polar surface area (TPSA) is 84.9 Å². The maximum Gasteiger partial charge on any atom is 0.255 e. The Morgan fingerprint density at radius 2 is 2.12 bits per heavy atom. The van der Waals surface area contributed by atoms with Gasteiger partial charge in [-0.3, -0.25) is 14.4 Å². The Balaban J connectivity index is 1.53. The monoisotopic (exact) mass is 346 g/mol. The van der Waals surface area contributed by atoms with Crippen molar-refractivity contribution >= 4 is 11.8 Å². The molecule has 1 aromatic rings. The number of amides is 2. The van der Waals surface area contributed by atoms with Crippen molar-refractivity contribution in [1.29, 1.82) is 0 Å². The van der Waals surface area contributed by atoms with Gasteiger partial charge in [0.15, 0.2) is 0 Å². The van der Waals surface area contributed by atoms with Crippen molar-refractivity contribution in [3.05, 3.63) is 24.0 Å². The van der Waals surface area contributed by atoms with Gasteiger partial charge >= 0.3 is 0 Å². The minimum Gasteiger partial charge on any atom is -0.376 e. The van der Waals surface area contributed by atoms with E-state index in [0.29, 0.717) is 38.3 Å². The van der Waals surface area contributed by atoms with Crippen LogP contribution in [0.3, 0.4) is 0 Å². The van der Waals surface area contributed by atoms with E-state index in [-0.39, 0.29) is 29.9 Å². The van der Waals surface area contributed by atoms with E-state index in [4.69, 9.17) is 9.57 Å². The number of aromatic nitrogens is 2.